The third kappa shape index (κ3) is 4.06. The van der Waals surface area contributed by atoms with Crippen molar-refractivity contribution < 1.29 is 4.42 Å². The van der Waals surface area contributed by atoms with Crippen LogP contribution in [0, 0.1) is 6.92 Å². The van der Waals surface area contributed by atoms with Crippen LogP contribution in [0.15, 0.2) is 76.3 Å². The van der Waals surface area contributed by atoms with Crippen LogP contribution in [0.3, 0.4) is 0 Å². The molecule has 0 N–H and O–H groups in total. The van der Waals surface area contributed by atoms with Gasteiger partial charge in [-0.15, -0.1) is 10.2 Å². The monoisotopic (exact) mass is 374 g/mol. The zero-order valence-corrected chi connectivity index (χ0v) is 15.9. The standard InChI is InChI=1S/C21H18N4OS/c1-14-13-18(16-9-5-3-6-10-16)23-21(22-14)27-15(2)19-24-25-20(26-19)17-11-7-4-8-12-17/h3-13,15H,1-2H3. The van der Waals surface area contributed by atoms with Crippen LogP contribution < -0.4 is 0 Å². The minimum absolute atomic E-state index is 0.0552. The highest BCUT2D eigenvalue weighted by molar-refractivity contribution is 7.99. The number of aromatic nitrogens is 4. The lowest BCUT2D eigenvalue weighted by molar-refractivity contribution is 0.509. The van der Waals surface area contributed by atoms with Crippen LogP contribution in [0.25, 0.3) is 22.7 Å². The summed E-state index contributed by atoms with van der Waals surface area (Å²) in [5.41, 5.74) is 3.82. The first-order valence-corrected chi connectivity index (χ1v) is 9.53. The molecule has 0 amide bonds. The first-order valence-electron chi connectivity index (χ1n) is 8.65. The van der Waals surface area contributed by atoms with Gasteiger partial charge in [0.1, 0.15) is 0 Å². The highest BCUT2D eigenvalue weighted by atomic mass is 32.2. The lowest BCUT2D eigenvalue weighted by atomic mass is 10.1. The summed E-state index contributed by atoms with van der Waals surface area (Å²) >= 11 is 1.51. The zero-order valence-electron chi connectivity index (χ0n) is 15.0. The molecule has 2 aromatic carbocycles. The second-order valence-electron chi connectivity index (χ2n) is 6.11. The minimum atomic E-state index is -0.0552. The Balaban J connectivity index is 1.56. The lowest BCUT2D eigenvalue weighted by Crippen LogP contribution is -1.96. The van der Waals surface area contributed by atoms with Crippen LogP contribution in [0.5, 0.6) is 0 Å². The maximum absolute atomic E-state index is 5.85. The van der Waals surface area contributed by atoms with Crippen molar-refractivity contribution in [3.8, 4) is 22.7 Å². The van der Waals surface area contributed by atoms with Gasteiger partial charge in [-0.1, -0.05) is 60.3 Å². The first-order chi connectivity index (χ1) is 13.2. The zero-order chi connectivity index (χ0) is 18.6. The molecule has 0 bridgehead atoms. The lowest BCUT2D eigenvalue weighted by Gasteiger charge is -2.08. The van der Waals surface area contributed by atoms with Crippen molar-refractivity contribution in [3.05, 3.63) is 78.3 Å². The largest absolute Gasteiger partial charge is 0.419 e. The Kier molecular flexibility index (Phi) is 4.98. The topological polar surface area (TPSA) is 64.7 Å². The molecule has 4 aromatic rings. The van der Waals surface area contributed by atoms with Gasteiger partial charge in [0, 0.05) is 16.8 Å². The molecule has 0 aliphatic carbocycles. The van der Waals surface area contributed by atoms with E-state index in [1.165, 1.54) is 11.8 Å². The van der Waals surface area contributed by atoms with Crippen molar-refractivity contribution in [2.75, 3.05) is 0 Å². The van der Waals surface area contributed by atoms with Gasteiger partial charge in [0.25, 0.3) is 0 Å². The van der Waals surface area contributed by atoms with Crippen LogP contribution in [0.1, 0.15) is 23.8 Å². The average Bonchev–Trinajstić information content (AvgIpc) is 3.19. The van der Waals surface area contributed by atoms with Crippen LogP contribution in [-0.2, 0) is 0 Å². The molecule has 0 aliphatic rings. The highest BCUT2D eigenvalue weighted by Gasteiger charge is 2.18. The molecule has 6 heteroatoms. The molecular weight excluding hydrogens is 356 g/mol. The Morgan fingerprint density at radius 3 is 2.22 bits per heavy atom. The van der Waals surface area contributed by atoms with E-state index in [4.69, 9.17) is 9.40 Å². The molecule has 27 heavy (non-hydrogen) atoms. The molecule has 2 heterocycles. The van der Waals surface area contributed by atoms with Crippen LogP contribution >= 0.6 is 11.8 Å². The van der Waals surface area contributed by atoms with E-state index < -0.39 is 0 Å². The molecular formula is C21H18N4OS. The van der Waals surface area contributed by atoms with E-state index >= 15 is 0 Å². The van der Waals surface area contributed by atoms with Crippen LogP contribution in [0.2, 0.25) is 0 Å². The van der Waals surface area contributed by atoms with E-state index in [2.05, 4.69) is 15.2 Å². The summed E-state index contributed by atoms with van der Waals surface area (Å²) in [5, 5.41) is 9.00. The Labute approximate surface area is 161 Å². The summed E-state index contributed by atoms with van der Waals surface area (Å²) in [6, 6.07) is 21.8. The van der Waals surface area contributed by atoms with E-state index in [9.17, 15) is 0 Å². The molecule has 1 unspecified atom stereocenters. The van der Waals surface area contributed by atoms with Gasteiger partial charge in [-0.2, -0.15) is 0 Å². The third-order valence-electron chi connectivity index (χ3n) is 3.99. The predicted molar refractivity (Wildman–Crippen MR) is 106 cm³/mol. The summed E-state index contributed by atoms with van der Waals surface area (Å²) in [4.78, 5) is 9.25. The molecule has 4 rings (SSSR count). The number of thioether (sulfide) groups is 1. The molecule has 0 radical (unpaired) electrons. The number of rotatable bonds is 5. The Morgan fingerprint density at radius 1 is 0.852 bits per heavy atom. The number of hydrogen-bond acceptors (Lipinski definition) is 6. The number of benzene rings is 2. The van der Waals surface area contributed by atoms with Crippen molar-refractivity contribution in [1.29, 1.82) is 0 Å². The third-order valence-corrected chi connectivity index (χ3v) is 4.94. The molecule has 1 atom stereocenters. The van der Waals surface area contributed by atoms with E-state index in [0.29, 0.717) is 16.9 Å². The Morgan fingerprint density at radius 2 is 1.52 bits per heavy atom. The molecule has 134 valence electrons. The van der Waals surface area contributed by atoms with E-state index in [1.807, 2.05) is 80.6 Å². The summed E-state index contributed by atoms with van der Waals surface area (Å²) in [6.07, 6.45) is 0. The fraction of sp³-hybridized carbons (Fsp3) is 0.143. The second-order valence-corrected chi connectivity index (χ2v) is 7.42. The highest BCUT2D eigenvalue weighted by Crippen LogP contribution is 2.34. The summed E-state index contributed by atoms with van der Waals surface area (Å²) in [6.45, 7) is 3.99. The molecule has 0 aliphatic heterocycles. The summed E-state index contributed by atoms with van der Waals surface area (Å²) < 4.78 is 5.85. The van der Waals surface area contributed by atoms with Crippen molar-refractivity contribution >= 4 is 11.8 Å². The van der Waals surface area contributed by atoms with E-state index in [-0.39, 0.29) is 5.25 Å². The fourth-order valence-corrected chi connectivity index (χ4v) is 3.52. The van der Waals surface area contributed by atoms with Crippen molar-refractivity contribution in [2.45, 2.75) is 24.3 Å². The number of nitrogens with zero attached hydrogens (tertiary/aromatic N) is 4. The Bertz CT molecular complexity index is 1030. The van der Waals surface area contributed by atoms with E-state index in [0.717, 1.165) is 22.5 Å². The summed E-state index contributed by atoms with van der Waals surface area (Å²) in [7, 11) is 0. The van der Waals surface area contributed by atoms with Crippen molar-refractivity contribution in [3.63, 3.8) is 0 Å². The first kappa shape index (κ1) is 17.4. The van der Waals surface area contributed by atoms with Gasteiger partial charge < -0.3 is 4.42 Å². The normalized spacial score (nSPS) is 12.1. The van der Waals surface area contributed by atoms with Crippen LogP contribution in [-0.4, -0.2) is 20.2 Å². The number of aryl methyl sites for hydroxylation is 1. The second kappa shape index (κ2) is 7.72. The van der Waals surface area contributed by atoms with Gasteiger partial charge >= 0.3 is 0 Å². The number of hydrogen-bond donors (Lipinski definition) is 0. The summed E-state index contributed by atoms with van der Waals surface area (Å²) in [5.74, 6) is 1.08. The quantitative estimate of drug-likeness (QED) is 0.346. The van der Waals surface area contributed by atoms with Gasteiger partial charge in [0.05, 0.1) is 10.9 Å². The molecule has 2 aromatic heterocycles. The van der Waals surface area contributed by atoms with Gasteiger partial charge in [0.15, 0.2) is 5.16 Å². The molecule has 0 fully saturated rings. The predicted octanol–water partition coefficient (Wildman–Crippen LogP) is 5.36. The smallest absolute Gasteiger partial charge is 0.247 e. The van der Waals surface area contributed by atoms with Crippen molar-refractivity contribution in [2.24, 2.45) is 0 Å². The van der Waals surface area contributed by atoms with Gasteiger partial charge in [-0.3, -0.25) is 0 Å². The molecule has 0 saturated carbocycles. The maximum Gasteiger partial charge on any atom is 0.247 e. The molecule has 0 spiro atoms. The molecule has 0 saturated heterocycles. The van der Waals surface area contributed by atoms with Gasteiger partial charge in [0.2, 0.25) is 11.8 Å². The average molecular weight is 374 g/mol. The van der Waals surface area contributed by atoms with Gasteiger partial charge in [-0.25, -0.2) is 9.97 Å². The maximum atomic E-state index is 5.85. The SMILES string of the molecule is Cc1cc(-c2ccccc2)nc(SC(C)c2nnc(-c3ccccc3)o2)n1. The van der Waals surface area contributed by atoms with Gasteiger partial charge in [-0.05, 0) is 32.0 Å². The molecule has 5 nitrogen and oxygen atoms in total. The fourth-order valence-electron chi connectivity index (χ4n) is 2.66. The minimum Gasteiger partial charge on any atom is -0.419 e. The van der Waals surface area contributed by atoms with E-state index in [1.54, 1.807) is 0 Å². The van der Waals surface area contributed by atoms with Crippen LogP contribution in [0.4, 0.5) is 0 Å². The van der Waals surface area contributed by atoms with Crippen molar-refractivity contribution in [1.82, 2.24) is 20.2 Å². The Hall–Kier alpha value is -2.99.